The number of nitrogens with one attached hydrogen (secondary N) is 1. The molecule has 4 nitrogen and oxygen atoms in total. The number of carbonyl (C=O) groups excluding carboxylic acids is 1. The summed E-state index contributed by atoms with van der Waals surface area (Å²) in [6, 6.07) is 1.90. The molecule has 7 heteroatoms. The van der Waals surface area contributed by atoms with Gasteiger partial charge in [0.2, 0.25) is 0 Å². The minimum Gasteiger partial charge on any atom is -0.319 e. The molecule has 0 fully saturated rings. The number of aryl methyl sites for hydroxylation is 2. The van der Waals surface area contributed by atoms with Crippen LogP contribution in [0.4, 0.5) is 14.5 Å². The smallest absolute Gasteiger partial charge is 0.259 e. The molecule has 106 valence electrons. The van der Waals surface area contributed by atoms with E-state index in [0.29, 0.717) is 17.7 Å². The van der Waals surface area contributed by atoms with Gasteiger partial charge in [0.05, 0.1) is 21.4 Å². The third kappa shape index (κ3) is 2.87. The Balaban J connectivity index is 2.30. The molecule has 0 spiro atoms. The van der Waals surface area contributed by atoms with Gasteiger partial charge in [0.1, 0.15) is 11.6 Å². The summed E-state index contributed by atoms with van der Waals surface area (Å²) in [5.41, 5.74) is 0.738. The van der Waals surface area contributed by atoms with Crippen LogP contribution in [-0.4, -0.2) is 15.7 Å². The second-order valence-electron chi connectivity index (χ2n) is 4.22. The van der Waals surface area contributed by atoms with Gasteiger partial charge >= 0.3 is 0 Å². The molecule has 2 rings (SSSR count). The van der Waals surface area contributed by atoms with Crippen LogP contribution in [0.1, 0.15) is 23.0 Å². The average molecular weight is 344 g/mol. The van der Waals surface area contributed by atoms with Crippen molar-refractivity contribution < 1.29 is 13.6 Å². The van der Waals surface area contributed by atoms with E-state index in [9.17, 15) is 13.6 Å². The zero-order valence-electron chi connectivity index (χ0n) is 10.9. The van der Waals surface area contributed by atoms with Gasteiger partial charge in [-0.2, -0.15) is 5.10 Å². The summed E-state index contributed by atoms with van der Waals surface area (Å²) in [5.74, 6) is -1.88. The van der Waals surface area contributed by atoms with Gasteiger partial charge in [0, 0.05) is 19.3 Å². The Hall–Kier alpha value is -1.76. The Morgan fingerprint density at radius 3 is 2.75 bits per heavy atom. The lowest BCUT2D eigenvalue weighted by atomic mass is 10.2. The van der Waals surface area contributed by atoms with Crippen LogP contribution in [0.25, 0.3) is 0 Å². The van der Waals surface area contributed by atoms with Crippen molar-refractivity contribution in [3.63, 3.8) is 0 Å². The topological polar surface area (TPSA) is 46.9 Å². The number of halogens is 3. The molecule has 0 unspecified atom stereocenters. The molecule has 1 aromatic heterocycles. The van der Waals surface area contributed by atoms with Crippen LogP contribution < -0.4 is 5.32 Å². The zero-order valence-corrected chi connectivity index (χ0v) is 12.5. The van der Waals surface area contributed by atoms with Crippen LogP contribution in [0.5, 0.6) is 0 Å². The highest BCUT2D eigenvalue weighted by atomic mass is 79.9. The van der Waals surface area contributed by atoms with Gasteiger partial charge in [-0.1, -0.05) is 6.92 Å². The lowest BCUT2D eigenvalue weighted by Crippen LogP contribution is -2.14. The average Bonchev–Trinajstić information content (AvgIpc) is 2.77. The van der Waals surface area contributed by atoms with Crippen LogP contribution in [0.15, 0.2) is 22.8 Å². The van der Waals surface area contributed by atoms with Gasteiger partial charge in [-0.05, 0) is 28.4 Å². The van der Waals surface area contributed by atoms with Gasteiger partial charge < -0.3 is 5.32 Å². The third-order valence-electron chi connectivity index (χ3n) is 2.74. The molecule has 0 radical (unpaired) electrons. The fourth-order valence-electron chi connectivity index (χ4n) is 1.79. The van der Waals surface area contributed by atoms with Crippen LogP contribution in [0.3, 0.4) is 0 Å². The molecule has 1 N–H and O–H groups in total. The Labute approximate surface area is 122 Å². The van der Waals surface area contributed by atoms with E-state index in [1.807, 2.05) is 6.92 Å². The number of amides is 1. The van der Waals surface area contributed by atoms with Gasteiger partial charge in [-0.3, -0.25) is 9.48 Å². The summed E-state index contributed by atoms with van der Waals surface area (Å²) in [6.07, 6.45) is 2.11. The molecule has 0 aliphatic rings. The number of hydrogen-bond acceptors (Lipinski definition) is 2. The highest BCUT2D eigenvalue weighted by Crippen LogP contribution is 2.24. The number of carbonyl (C=O) groups is 1. The maximum Gasteiger partial charge on any atom is 0.259 e. The van der Waals surface area contributed by atoms with Crippen LogP contribution in [0, 0.1) is 11.6 Å². The molecular formula is C13H12BrF2N3O. The zero-order chi connectivity index (χ0) is 14.9. The summed E-state index contributed by atoms with van der Waals surface area (Å²) in [6.45, 7) is 1.86. The summed E-state index contributed by atoms with van der Waals surface area (Å²) in [5, 5.41) is 6.48. The number of aromatic nitrogens is 2. The van der Waals surface area contributed by atoms with E-state index in [4.69, 9.17) is 0 Å². The van der Waals surface area contributed by atoms with Crippen molar-refractivity contribution in [2.75, 3.05) is 5.32 Å². The lowest BCUT2D eigenvalue weighted by molar-refractivity contribution is 0.102. The quantitative estimate of drug-likeness (QED) is 0.869. The highest BCUT2D eigenvalue weighted by Gasteiger charge is 2.17. The van der Waals surface area contributed by atoms with E-state index in [1.54, 1.807) is 13.2 Å². The van der Waals surface area contributed by atoms with Gasteiger partial charge in [-0.25, -0.2) is 8.78 Å². The number of nitrogens with zero attached hydrogens (tertiary/aromatic N) is 2. The lowest BCUT2D eigenvalue weighted by Gasteiger charge is -2.07. The van der Waals surface area contributed by atoms with Crippen molar-refractivity contribution >= 4 is 27.5 Å². The fourth-order valence-corrected chi connectivity index (χ4v) is 2.11. The van der Waals surface area contributed by atoms with Crippen molar-refractivity contribution in [1.29, 1.82) is 0 Å². The molecule has 1 heterocycles. The molecule has 0 atom stereocenters. The first-order valence-electron chi connectivity index (χ1n) is 5.90. The Morgan fingerprint density at radius 1 is 1.40 bits per heavy atom. The molecule has 0 saturated heterocycles. The molecule has 0 aliphatic heterocycles. The molecule has 0 bridgehead atoms. The van der Waals surface area contributed by atoms with Crippen molar-refractivity contribution in [3.05, 3.63) is 45.7 Å². The van der Waals surface area contributed by atoms with Crippen LogP contribution in [-0.2, 0) is 13.5 Å². The number of benzene rings is 1. The fraction of sp³-hybridized carbons (Fsp3) is 0.231. The normalized spacial score (nSPS) is 10.7. The van der Waals surface area contributed by atoms with Crippen LogP contribution in [0.2, 0.25) is 0 Å². The summed E-state index contributed by atoms with van der Waals surface area (Å²) < 4.78 is 28.6. The monoisotopic (exact) mass is 343 g/mol. The van der Waals surface area contributed by atoms with E-state index in [1.165, 1.54) is 4.68 Å². The SMILES string of the molecule is CCc1nn(C)cc1C(=O)Nc1cc(F)c(Br)cc1F. The molecular weight excluding hydrogens is 332 g/mol. The van der Waals surface area contributed by atoms with E-state index in [2.05, 4.69) is 26.3 Å². The number of anilines is 1. The van der Waals surface area contributed by atoms with Crippen LogP contribution >= 0.6 is 15.9 Å². The Bertz CT molecular complexity index is 670. The highest BCUT2D eigenvalue weighted by molar-refractivity contribution is 9.10. The predicted molar refractivity (Wildman–Crippen MR) is 74.6 cm³/mol. The van der Waals surface area contributed by atoms with Gasteiger partial charge in [0.15, 0.2) is 0 Å². The molecule has 20 heavy (non-hydrogen) atoms. The van der Waals surface area contributed by atoms with Crippen molar-refractivity contribution in [2.45, 2.75) is 13.3 Å². The minimum atomic E-state index is -0.714. The molecule has 1 aromatic carbocycles. The second kappa shape index (κ2) is 5.70. The van der Waals surface area contributed by atoms with Gasteiger partial charge in [-0.15, -0.1) is 0 Å². The minimum absolute atomic E-state index is 0.00336. The largest absolute Gasteiger partial charge is 0.319 e. The van der Waals surface area contributed by atoms with Crippen molar-refractivity contribution in [2.24, 2.45) is 7.05 Å². The Kier molecular flexibility index (Phi) is 4.17. The first-order valence-corrected chi connectivity index (χ1v) is 6.70. The molecule has 0 saturated carbocycles. The maximum absolute atomic E-state index is 13.7. The first kappa shape index (κ1) is 14.6. The molecule has 2 aromatic rings. The Morgan fingerprint density at radius 2 is 2.10 bits per heavy atom. The van der Waals surface area contributed by atoms with Crippen molar-refractivity contribution in [3.8, 4) is 0 Å². The summed E-state index contributed by atoms with van der Waals surface area (Å²) in [4.78, 5) is 12.1. The predicted octanol–water partition coefficient (Wildman–Crippen LogP) is 3.28. The van der Waals surface area contributed by atoms with E-state index < -0.39 is 17.5 Å². The van der Waals surface area contributed by atoms with Gasteiger partial charge in [0.25, 0.3) is 5.91 Å². The maximum atomic E-state index is 13.7. The standard InChI is InChI=1S/C13H12BrF2N3O/c1-3-11-7(6-19(2)18-11)13(20)17-12-5-9(15)8(14)4-10(12)16/h4-6H,3H2,1-2H3,(H,17,20). The first-order chi connectivity index (χ1) is 9.42. The number of rotatable bonds is 3. The molecule has 0 aliphatic carbocycles. The number of hydrogen-bond donors (Lipinski definition) is 1. The van der Waals surface area contributed by atoms with E-state index in [0.717, 1.165) is 12.1 Å². The third-order valence-corrected chi connectivity index (χ3v) is 3.35. The molecule has 1 amide bonds. The summed E-state index contributed by atoms with van der Waals surface area (Å²) in [7, 11) is 1.69. The van der Waals surface area contributed by atoms with E-state index in [-0.39, 0.29) is 10.2 Å². The van der Waals surface area contributed by atoms with Crippen molar-refractivity contribution in [1.82, 2.24) is 9.78 Å². The second-order valence-corrected chi connectivity index (χ2v) is 5.07. The summed E-state index contributed by atoms with van der Waals surface area (Å²) >= 11 is 2.88. The van der Waals surface area contributed by atoms with E-state index >= 15 is 0 Å².